The molecule has 1 N–H and O–H groups in total. The first-order valence-corrected chi connectivity index (χ1v) is 11.7. The Morgan fingerprint density at radius 1 is 1.15 bits per heavy atom. The number of aliphatic hydroxyl groups is 1. The van der Waals surface area contributed by atoms with Gasteiger partial charge in [0.05, 0.1) is 40.7 Å². The van der Waals surface area contributed by atoms with E-state index in [0.717, 1.165) is 40.7 Å². The number of aromatic nitrogens is 4. The summed E-state index contributed by atoms with van der Waals surface area (Å²) in [7, 11) is 1.75. The molecule has 4 aromatic rings. The lowest BCUT2D eigenvalue weighted by atomic mass is 9.91. The van der Waals surface area contributed by atoms with Crippen LogP contribution in [0, 0.1) is 0 Å². The summed E-state index contributed by atoms with van der Waals surface area (Å²) in [4.78, 5) is 30.4. The van der Waals surface area contributed by atoms with Gasteiger partial charge >= 0.3 is 0 Å². The summed E-state index contributed by atoms with van der Waals surface area (Å²) in [5.74, 6) is -0.123. The van der Waals surface area contributed by atoms with E-state index in [2.05, 4.69) is 38.3 Å². The van der Waals surface area contributed by atoms with Crippen molar-refractivity contribution in [1.82, 2.24) is 24.4 Å². The molecule has 176 valence electrons. The molecule has 0 spiro atoms. The Bertz CT molecular complexity index is 1340. The third kappa shape index (κ3) is 4.09. The van der Waals surface area contributed by atoms with Gasteiger partial charge in [-0.05, 0) is 63.1 Å². The summed E-state index contributed by atoms with van der Waals surface area (Å²) in [5.41, 5.74) is 3.98. The molecule has 5 rings (SSSR count). The molecular formula is C26H30N6O2. The van der Waals surface area contributed by atoms with E-state index < -0.39 is 5.60 Å². The van der Waals surface area contributed by atoms with Crippen molar-refractivity contribution in [3.8, 4) is 0 Å². The first-order valence-electron chi connectivity index (χ1n) is 11.7. The van der Waals surface area contributed by atoms with Crippen molar-refractivity contribution in [3.63, 3.8) is 0 Å². The average molecular weight is 459 g/mol. The van der Waals surface area contributed by atoms with Crippen LogP contribution in [-0.2, 0) is 0 Å². The van der Waals surface area contributed by atoms with E-state index >= 15 is 0 Å². The van der Waals surface area contributed by atoms with E-state index in [1.54, 1.807) is 24.3 Å². The molecule has 4 heterocycles. The van der Waals surface area contributed by atoms with Crippen molar-refractivity contribution < 1.29 is 9.90 Å². The van der Waals surface area contributed by atoms with Gasteiger partial charge < -0.3 is 19.5 Å². The number of benzene rings is 1. The number of hydrogen-bond donors (Lipinski definition) is 1. The Kier molecular flexibility index (Phi) is 5.69. The molecule has 0 bridgehead atoms. The van der Waals surface area contributed by atoms with Gasteiger partial charge in [-0.15, -0.1) is 0 Å². The number of carbonyl (C=O) groups is 1. The van der Waals surface area contributed by atoms with Gasteiger partial charge in [-0.1, -0.05) is 0 Å². The fourth-order valence-corrected chi connectivity index (χ4v) is 4.98. The molecule has 1 amide bonds. The molecule has 0 aliphatic carbocycles. The lowest BCUT2D eigenvalue weighted by molar-refractivity contribution is 0.0000673. The van der Waals surface area contributed by atoms with Gasteiger partial charge in [0.15, 0.2) is 0 Å². The van der Waals surface area contributed by atoms with Crippen LogP contribution in [0.3, 0.4) is 0 Å². The summed E-state index contributed by atoms with van der Waals surface area (Å²) < 4.78 is 2.09. The monoisotopic (exact) mass is 458 g/mol. The normalized spacial score (nSPS) is 18.7. The van der Waals surface area contributed by atoms with Crippen LogP contribution in [-0.4, -0.2) is 67.7 Å². The highest BCUT2D eigenvalue weighted by atomic mass is 16.3. The topological polar surface area (TPSA) is 87.4 Å². The van der Waals surface area contributed by atoms with E-state index in [0.29, 0.717) is 24.6 Å². The first-order chi connectivity index (χ1) is 16.3. The number of anilines is 1. The Morgan fingerprint density at radius 3 is 2.82 bits per heavy atom. The standard InChI is InChI=1S/C26H30N6O2/c1-18(2)32-17-29-21-14-19(7-8-22(21)32)25(33)30(3)15-26(34)10-5-13-31(16-26)23-9-12-27-20-6-4-11-28-24(20)23/h4,6-9,11-12,14,17-18,34H,5,10,13,15-16H2,1-3H3. The Hall–Kier alpha value is -3.52. The highest BCUT2D eigenvalue weighted by Gasteiger charge is 2.36. The van der Waals surface area contributed by atoms with Gasteiger partial charge in [-0.25, -0.2) is 4.98 Å². The Balaban J connectivity index is 1.34. The predicted octanol–water partition coefficient (Wildman–Crippen LogP) is 3.66. The molecule has 1 aromatic carbocycles. The minimum Gasteiger partial charge on any atom is -0.386 e. The number of carbonyl (C=O) groups excluding carboxylic acids is 1. The molecule has 1 atom stereocenters. The van der Waals surface area contributed by atoms with Crippen molar-refractivity contribution in [2.24, 2.45) is 0 Å². The van der Waals surface area contributed by atoms with E-state index in [1.165, 1.54) is 0 Å². The van der Waals surface area contributed by atoms with Crippen molar-refractivity contribution in [2.75, 3.05) is 31.6 Å². The van der Waals surface area contributed by atoms with E-state index in [4.69, 9.17) is 0 Å². The van der Waals surface area contributed by atoms with Crippen molar-refractivity contribution in [1.29, 1.82) is 0 Å². The van der Waals surface area contributed by atoms with Crippen molar-refractivity contribution >= 4 is 33.7 Å². The molecule has 8 heteroatoms. The van der Waals surface area contributed by atoms with Gasteiger partial charge in [0.25, 0.3) is 5.91 Å². The maximum absolute atomic E-state index is 13.2. The summed E-state index contributed by atoms with van der Waals surface area (Å²) in [5, 5.41) is 11.5. The molecule has 1 unspecified atom stereocenters. The first kappa shape index (κ1) is 22.3. The average Bonchev–Trinajstić information content (AvgIpc) is 3.26. The van der Waals surface area contributed by atoms with Crippen LogP contribution in [0.1, 0.15) is 43.1 Å². The van der Waals surface area contributed by atoms with Gasteiger partial charge in [0.1, 0.15) is 5.52 Å². The second-order valence-electron chi connectivity index (χ2n) is 9.56. The van der Waals surface area contributed by atoms with E-state index in [-0.39, 0.29) is 12.5 Å². The number of piperidine rings is 1. The summed E-state index contributed by atoms with van der Waals surface area (Å²) in [6.07, 6.45) is 6.81. The predicted molar refractivity (Wildman–Crippen MR) is 133 cm³/mol. The van der Waals surface area contributed by atoms with Gasteiger partial charge in [0, 0.05) is 44.1 Å². The SMILES string of the molecule is CC(C)n1cnc2cc(C(=O)N(C)CC3(O)CCCN(c4ccnc5cccnc45)C3)ccc21. The second-order valence-corrected chi connectivity index (χ2v) is 9.56. The van der Waals surface area contributed by atoms with Gasteiger partial charge in [-0.2, -0.15) is 0 Å². The highest BCUT2D eigenvalue weighted by molar-refractivity contribution is 5.97. The molecule has 34 heavy (non-hydrogen) atoms. The van der Waals surface area contributed by atoms with Crippen LogP contribution in [0.25, 0.3) is 22.1 Å². The highest BCUT2D eigenvalue weighted by Crippen LogP contribution is 2.30. The molecular weight excluding hydrogens is 428 g/mol. The Morgan fingerprint density at radius 2 is 2.00 bits per heavy atom. The smallest absolute Gasteiger partial charge is 0.253 e. The number of fused-ring (bicyclic) bond motifs is 2. The molecule has 1 saturated heterocycles. The van der Waals surface area contributed by atoms with Crippen LogP contribution in [0.5, 0.6) is 0 Å². The number of β-amino-alcohol motifs (C(OH)–C–C–N with tert-alkyl or cyclic N) is 1. The zero-order valence-electron chi connectivity index (χ0n) is 19.8. The third-order valence-electron chi connectivity index (χ3n) is 6.63. The molecule has 3 aromatic heterocycles. The van der Waals surface area contributed by atoms with Crippen molar-refractivity contribution in [3.05, 3.63) is 60.7 Å². The number of nitrogens with zero attached hydrogens (tertiary/aromatic N) is 6. The summed E-state index contributed by atoms with van der Waals surface area (Å²) >= 11 is 0. The number of likely N-dealkylation sites (N-methyl/N-ethyl adjacent to an activating group) is 1. The molecule has 0 radical (unpaired) electrons. The molecule has 8 nitrogen and oxygen atoms in total. The van der Waals surface area contributed by atoms with Crippen LogP contribution < -0.4 is 4.90 Å². The lowest BCUT2D eigenvalue weighted by Gasteiger charge is -2.42. The fourth-order valence-electron chi connectivity index (χ4n) is 4.98. The number of imidazole rings is 1. The van der Waals surface area contributed by atoms with Crippen LogP contribution in [0.15, 0.2) is 55.1 Å². The quantitative estimate of drug-likeness (QED) is 0.491. The molecule has 1 aliphatic rings. The number of rotatable bonds is 5. The summed E-state index contributed by atoms with van der Waals surface area (Å²) in [6, 6.07) is 11.7. The molecule has 1 aliphatic heterocycles. The van der Waals surface area contributed by atoms with Gasteiger partial charge in [-0.3, -0.25) is 14.8 Å². The molecule has 1 fully saturated rings. The number of amides is 1. The maximum atomic E-state index is 13.2. The van der Waals surface area contributed by atoms with Crippen LogP contribution in [0.4, 0.5) is 5.69 Å². The fraction of sp³-hybridized carbons (Fsp3) is 0.385. The van der Waals surface area contributed by atoms with Crippen molar-refractivity contribution in [2.45, 2.75) is 38.3 Å². The lowest BCUT2D eigenvalue weighted by Crippen LogP contribution is -2.54. The minimum absolute atomic E-state index is 0.123. The second kappa shape index (κ2) is 8.68. The van der Waals surface area contributed by atoms with Gasteiger partial charge in [0.2, 0.25) is 0 Å². The third-order valence-corrected chi connectivity index (χ3v) is 6.63. The zero-order chi connectivity index (χ0) is 23.9. The minimum atomic E-state index is -1.02. The molecule has 0 saturated carbocycles. The summed E-state index contributed by atoms with van der Waals surface area (Å²) in [6.45, 7) is 5.71. The largest absolute Gasteiger partial charge is 0.386 e. The maximum Gasteiger partial charge on any atom is 0.253 e. The zero-order valence-corrected chi connectivity index (χ0v) is 19.8. The Labute approximate surface area is 198 Å². The number of hydrogen-bond acceptors (Lipinski definition) is 6. The van der Waals surface area contributed by atoms with Crippen LogP contribution >= 0.6 is 0 Å². The van der Waals surface area contributed by atoms with E-state index in [1.807, 2.05) is 42.7 Å². The number of pyridine rings is 2. The van der Waals surface area contributed by atoms with Crippen LogP contribution in [0.2, 0.25) is 0 Å². The van der Waals surface area contributed by atoms with E-state index in [9.17, 15) is 9.90 Å².